The highest BCUT2D eigenvalue weighted by Crippen LogP contribution is 2.41. The molecule has 0 unspecified atom stereocenters. The Balaban J connectivity index is 1.47. The van der Waals surface area contributed by atoms with Crippen LogP contribution in [-0.2, 0) is 19.4 Å². The second kappa shape index (κ2) is 7.70. The zero-order valence-corrected chi connectivity index (χ0v) is 15.4. The van der Waals surface area contributed by atoms with Gasteiger partial charge in [-0.2, -0.15) is 0 Å². The molecule has 1 saturated carbocycles. The molecule has 3 aliphatic rings. The molecule has 2 saturated heterocycles. The molecule has 2 aliphatic heterocycles. The number of hydrogen-bond acceptors (Lipinski definition) is 5. The fourth-order valence-corrected chi connectivity index (χ4v) is 5.73. The molecule has 138 valence electrons. The molecule has 0 spiro atoms. The maximum Gasteiger partial charge on any atom is 0.220 e. The minimum atomic E-state index is -2.85. The van der Waals surface area contributed by atoms with E-state index in [2.05, 4.69) is 10.2 Å². The maximum atomic E-state index is 12.4. The van der Waals surface area contributed by atoms with Gasteiger partial charge in [0.2, 0.25) is 5.91 Å². The van der Waals surface area contributed by atoms with Gasteiger partial charge < -0.3 is 10.1 Å². The second-order valence-corrected chi connectivity index (χ2v) is 10.0. The molecular formula is C17H30N2O4S. The Hall–Kier alpha value is -0.660. The number of ether oxygens (including phenoxy) is 1. The summed E-state index contributed by atoms with van der Waals surface area (Å²) in [4.78, 5) is 14.8. The van der Waals surface area contributed by atoms with Crippen LogP contribution in [-0.4, -0.2) is 70.1 Å². The highest BCUT2D eigenvalue weighted by atomic mass is 32.2. The molecule has 3 fully saturated rings. The van der Waals surface area contributed by atoms with Gasteiger partial charge in [0.15, 0.2) is 0 Å². The Kier molecular flexibility index (Phi) is 5.82. The summed E-state index contributed by atoms with van der Waals surface area (Å²) in [5.74, 6) is 2.14. The van der Waals surface area contributed by atoms with Gasteiger partial charge in [0.05, 0.1) is 18.1 Å². The van der Waals surface area contributed by atoms with Gasteiger partial charge in [-0.05, 0) is 43.4 Å². The van der Waals surface area contributed by atoms with Crippen molar-refractivity contribution in [1.82, 2.24) is 10.2 Å². The number of rotatable bonds is 7. The van der Waals surface area contributed by atoms with Crippen molar-refractivity contribution in [2.24, 2.45) is 17.8 Å². The van der Waals surface area contributed by atoms with E-state index >= 15 is 0 Å². The van der Waals surface area contributed by atoms with Gasteiger partial charge in [0.25, 0.3) is 0 Å². The van der Waals surface area contributed by atoms with Crippen LogP contribution in [0.2, 0.25) is 0 Å². The summed E-state index contributed by atoms with van der Waals surface area (Å²) in [7, 11) is -1.13. The number of carbonyl (C=O) groups is 1. The maximum absolute atomic E-state index is 12.4. The van der Waals surface area contributed by atoms with Crippen molar-refractivity contribution in [3.63, 3.8) is 0 Å². The first-order valence-electron chi connectivity index (χ1n) is 9.18. The van der Waals surface area contributed by atoms with Crippen molar-refractivity contribution in [3.05, 3.63) is 0 Å². The van der Waals surface area contributed by atoms with Crippen LogP contribution >= 0.6 is 0 Å². The molecule has 0 aromatic rings. The largest absolute Gasteiger partial charge is 0.383 e. The summed E-state index contributed by atoms with van der Waals surface area (Å²) in [6.07, 6.45) is 4.31. The Morgan fingerprint density at radius 3 is 2.50 bits per heavy atom. The van der Waals surface area contributed by atoms with E-state index in [1.165, 1.54) is 12.8 Å². The summed E-state index contributed by atoms with van der Waals surface area (Å²) in [5.41, 5.74) is 0. The molecule has 0 bridgehead atoms. The molecule has 24 heavy (non-hydrogen) atoms. The molecule has 0 radical (unpaired) electrons. The van der Waals surface area contributed by atoms with Crippen molar-refractivity contribution >= 4 is 15.7 Å². The van der Waals surface area contributed by atoms with Crippen molar-refractivity contribution in [2.45, 2.75) is 38.1 Å². The number of methoxy groups -OCH3 is 1. The molecule has 3 rings (SSSR count). The van der Waals surface area contributed by atoms with Crippen LogP contribution in [0.5, 0.6) is 0 Å². The average Bonchev–Trinajstić information content (AvgIpc) is 3.30. The van der Waals surface area contributed by atoms with Crippen LogP contribution in [0, 0.1) is 17.8 Å². The smallest absolute Gasteiger partial charge is 0.220 e. The van der Waals surface area contributed by atoms with Gasteiger partial charge in [-0.15, -0.1) is 0 Å². The van der Waals surface area contributed by atoms with Crippen molar-refractivity contribution in [2.75, 3.05) is 44.9 Å². The van der Waals surface area contributed by atoms with Crippen molar-refractivity contribution in [1.29, 1.82) is 0 Å². The van der Waals surface area contributed by atoms with Gasteiger partial charge >= 0.3 is 0 Å². The second-order valence-electron chi connectivity index (χ2n) is 7.73. The van der Waals surface area contributed by atoms with Crippen LogP contribution in [0.4, 0.5) is 0 Å². The molecule has 7 heteroatoms. The molecule has 2 heterocycles. The van der Waals surface area contributed by atoms with Gasteiger partial charge in [0, 0.05) is 39.2 Å². The van der Waals surface area contributed by atoms with Gasteiger partial charge in [0.1, 0.15) is 9.84 Å². The zero-order valence-electron chi connectivity index (χ0n) is 14.6. The first-order valence-corrected chi connectivity index (χ1v) is 11.0. The first kappa shape index (κ1) is 18.1. The van der Waals surface area contributed by atoms with Crippen molar-refractivity contribution in [3.8, 4) is 0 Å². The molecule has 1 aliphatic carbocycles. The summed E-state index contributed by atoms with van der Waals surface area (Å²) < 4.78 is 28.2. The highest BCUT2D eigenvalue weighted by Gasteiger charge is 2.42. The molecule has 1 N–H and O–H groups in total. The van der Waals surface area contributed by atoms with Gasteiger partial charge in [-0.3, -0.25) is 9.69 Å². The van der Waals surface area contributed by atoms with E-state index in [4.69, 9.17) is 4.74 Å². The highest BCUT2D eigenvalue weighted by molar-refractivity contribution is 7.91. The van der Waals surface area contributed by atoms with E-state index < -0.39 is 9.84 Å². The number of likely N-dealkylation sites (tertiary alicyclic amines) is 1. The summed E-state index contributed by atoms with van der Waals surface area (Å²) in [6.45, 7) is 3.62. The number of carbonyl (C=O) groups excluding carboxylic acids is 1. The fraction of sp³-hybridized carbons (Fsp3) is 0.941. The fourth-order valence-electron chi connectivity index (χ4n) is 4.14. The topological polar surface area (TPSA) is 75.7 Å². The third kappa shape index (κ3) is 4.92. The van der Waals surface area contributed by atoms with E-state index in [-0.39, 0.29) is 29.4 Å². The summed E-state index contributed by atoms with van der Waals surface area (Å²) >= 11 is 0. The van der Waals surface area contributed by atoms with Crippen LogP contribution in [0.25, 0.3) is 0 Å². The lowest BCUT2D eigenvalue weighted by atomic mass is 9.96. The molecule has 0 aromatic heterocycles. The predicted octanol–water partition coefficient (Wildman–Crippen LogP) is 0.674. The molecular weight excluding hydrogens is 328 g/mol. The van der Waals surface area contributed by atoms with Crippen LogP contribution < -0.4 is 5.32 Å². The number of nitrogens with zero attached hydrogens (tertiary/aromatic N) is 1. The van der Waals surface area contributed by atoms with E-state index in [9.17, 15) is 13.2 Å². The Morgan fingerprint density at radius 2 is 1.88 bits per heavy atom. The minimum absolute atomic E-state index is 0.100. The quantitative estimate of drug-likeness (QED) is 0.724. The molecule has 0 aromatic carbocycles. The Labute approximate surface area is 145 Å². The third-order valence-corrected chi connectivity index (χ3v) is 7.49. The van der Waals surface area contributed by atoms with E-state index in [0.29, 0.717) is 25.2 Å². The SMILES string of the molecule is COCCN1C[C@H](NC(=O)CC2CCS(=O)(=O)CC2)[C@@H](C2CC2)C1. The van der Waals surface area contributed by atoms with Crippen LogP contribution in [0.1, 0.15) is 32.1 Å². The normalized spacial score (nSPS) is 31.2. The lowest BCUT2D eigenvalue weighted by Crippen LogP contribution is -2.42. The lowest BCUT2D eigenvalue weighted by Gasteiger charge is -2.24. The standard InChI is InChI=1S/C17H30N2O4S/c1-23-7-6-19-11-15(14-2-3-14)16(12-19)18-17(20)10-13-4-8-24(21,22)9-5-13/h13-16H,2-12H2,1H3,(H,18,20)/t15-,16+/m1/s1. The van der Waals surface area contributed by atoms with E-state index in [1.54, 1.807) is 7.11 Å². The predicted molar refractivity (Wildman–Crippen MR) is 92.5 cm³/mol. The first-order chi connectivity index (χ1) is 11.5. The Morgan fingerprint density at radius 1 is 1.17 bits per heavy atom. The third-order valence-electron chi connectivity index (χ3n) is 5.77. The average molecular weight is 359 g/mol. The summed E-state index contributed by atoms with van der Waals surface area (Å²) in [6, 6.07) is 0.245. The molecule has 6 nitrogen and oxygen atoms in total. The molecule has 1 amide bonds. The number of sulfone groups is 1. The van der Waals surface area contributed by atoms with Crippen LogP contribution in [0.3, 0.4) is 0 Å². The number of amides is 1. The summed E-state index contributed by atoms with van der Waals surface area (Å²) in [5, 5.41) is 3.25. The minimum Gasteiger partial charge on any atom is -0.383 e. The number of hydrogen-bond donors (Lipinski definition) is 1. The Bertz CT molecular complexity index is 533. The monoisotopic (exact) mass is 358 g/mol. The lowest BCUT2D eigenvalue weighted by molar-refractivity contribution is -0.123. The van der Waals surface area contributed by atoms with Gasteiger partial charge in [-0.1, -0.05) is 0 Å². The van der Waals surface area contributed by atoms with E-state index in [1.807, 2.05) is 0 Å². The van der Waals surface area contributed by atoms with Crippen molar-refractivity contribution < 1.29 is 17.9 Å². The molecule has 2 atom stereocenters. The van der Waals surface area contributed by atoms with E-state index in [0.717, 1.165) is 32.2 Å². The van der Waals surface area contributed by atoms with Gasteiger partial charge in [-0.25, -0.2) is 8.42 Å². The number of nitrogens with one attached hydrogen (secondary N) is 1. The van der Waals surface area contributed by atoms with Crippen LogP contribution in [0.15, 0.2) is 0 Å². The zero-order chi connectivity index (χ0) is 17.2.